The number of aryl methyl sites for hydroxylation is 3. The van der Waals surface area contributed by atoms with Gasteiger partial charge in [-0.2, -0.15) is 0 Å². The first-order valence-electron chi connectivity index (χ1n) is 17.8. The highest BCUT2D eigenvalue weighted by molar-refractivity contribution is 7.17. The van der Waals surface area contributed by atoms with Crippen molar-refractivity contribution >= 4 is 43.5 Å². The Labute approximate surface area is 293 Å². The van der Waals surface area contributed by atoms with Crippen molar-refractivity contribution in [1.29, 1.82) is 0 Å². The number of nitrogens with zero attached hydrogens (tertiary/aromatic N) is 5. The largest absolute Gasteiger partial charge is 0.333 e. The maximum Gasteiger partial charge on any atom is 0.116 e. The second-order valence-electron chi connectivity index (χ2n) is 15.2. The van der Waals surface area contributed by atoms with Crippen molar-refractivity contribution in [2.75, 3.05) is 0 Å². The monoisotopic (exact) mass is 665 g/mol. The van der Waals surface area contributed by atoms with Gasteiger partial charge >= 0.3 is 0 Å². The topological polar surface area (TPSA) is 48.5 Å². The molecule has 6 heteroatoms. The number of imidazole rings is 1. The lowest BCUT2D eigenvalue weighted by Gasteiger charge is -2.13. The van der Waals surface area contributed by atoms with Gasteiger partial charge in [-0.25, -0.2) is 9.67 Å². The molecule has 0 amide bonds. The number of hydrogen-bond donors (Lipinski definition) is 0. The first kappa shape index (κ1) is 37.3. The standard InChI is InChI=1S/C15H20S.C14H20N2.C13H19N3/c1-9(2)12-6-7-13(10(3)4)15-14(12)11(5)8-16-15;1-9(2)11-6-7-12(10(3)4)14-13(11)15-8-16(14)5;1-8(2)10-6-7-11(9(3)4)13-12(10)14-15-16(13)5/h2*6-10H,1-5H3;6-9H,1-5H3. The number of hydrogen-bond acceptors (Lipinski definition) is 4. The van der Waals surface area contributed by atoms with E-state index in [1.165, 1.54) is 65.6 Å². The van der Waals surface area contributed by atoms with Crippen LogP contribution in [0.3, 0.4) is 0 Å². The quantitative estimate of drug-likeness (QED) is 0.178. The van der Waals surface area contributed by atoms with Crippen molar-refractivity contribution in [3.63, 3.8) is 0 Å². The number of fused-ring (bicyclic) bond motifs is 3. The molecule has 0 spiro atoms. The van der Waals surface area contributed by atoms with Crippen LogP contribution in [0.4, 0.5) is 0 Å². The molecule has 48 heavy (non-hydrogen) atoms. The lowest BCUT2D eigenvalue weighted by molar-refractivity contribution is 0.729. The lowest BCUT2D eigenvalue weighted by Crippen LogP contribution is -1.98. The molecule has 0 fully saturated rings. The Balaban J connectivity index is 0.000000163. The van der Waals surface area contributed by atoms with E-state index < -0.39 is 0 Å². The summed E-state index contributed by atoms with van der Waals surface area (Å²) in [6, 6.07) is 13.5. The maximum atomic E-state index is 4.55. The number of aromatic nitrogens is 5. The second kappa shape index (κ2) is 15.4. The molecular weight excluding hydrogens is 607 g/mol. The van der Waals surface area contributed by atoms with E-state index in [2.05, 4.69) is 159 Å². The van der Waals surface area contributed by atoms with Crippen molar-refractivity contribution in [3.8, 4) is 0 Å². The molecule has 0 saturated carbocycles. The summed E-state index contributed by atoms with van der Waals surface area (Å²) < 4.78 is 5.52. The third-order valence-corrected chi connectivity index (χ3v) is 10.6. The molecule has 3 aromatic carbocycles. The van der Waals surface area contributed by atoms with Crippen LogP contribution < -0.4 is 0 Å². The number of rotatable bonds is 6. The van der Waals surface area contributed by atoms with Gasteiger partial charge in [-0.1, -0.05) is 125 Å². The van der Waals surface area contributed by atoms with Gasteiger partial charge in [0.15, 0.2) is 0 Å². The van der Waals surface area contributed by atoms with Gasteiger partial charge in [-0.15, -0.1) is 16.4 Å². The van der Waals surface area contributed by atoms with E-state index in [-0.39, 0.29) is 0 Å². The van der Waals surface area contributed by atoms with Gasteiger partial charge in [0, 0.05) is 18.8 Å². The molecule has 0 unspecified atom stereocenters. The van der Waals surface area contributed by atoms with Crippen LogP contribution in [0.2, 0.25) is 0 Å². The molecule has 0 bridgehead atoms. The Bertz CT molecular complexity index is 1750. The van der Waals surface area contributed by atoms with E-state index in [1.807, 2.05) is 29.4 Å². The molecule has 6 aromatic rings. The highest BCUT2D eigenvalue weighted by Crippen LogP contribution is 2.38. The minimum atomic E-state index is 0.486. The Hall–Kier alpha value is -3.51. The fraction of sp³-hybridized carbons (Fsp3) is 0.500. The van der Waals surface area contributed by atoms with Crippen molar-refractivity contribution in [2.45, 2.75) is 126 Å². The summed E-state index contributed by atoms with van der Waals surface area (Å²) in [5, 5.41) is 12.2. The van der Waals surface area contributed by atoms with Gasteiger partial charge in [0.25, 0.3) is 0 Å². The molecule has 0 atom stereocenters. The van der Waals surface area contributed by atoms with E-state index in [0.717, 1.165) is 5.52 Å². The molecule has 5 nitrogen and oxygen atoms in total. The summed E-state index contributed by atoms with van der Waals surface area (Å²) in [5.41, 5.74) is 14.5. The van der Waals surface area contributed by atoms with Crippen molar-refractivity contribution in [3.05, 3.63) is 87.0 Å². The van der Waals surface area contributed by atoms with E-state index in [4.69, 9.17) is 0 Å². The van der Waals surface area contributed by atoms with Crippen LogP contribution in [-0.2, 0) is 14.1 Å². The van der Waals surface area contributed by atoms with E-state index >= 15 is 0 Å². The summed E-state index contributed by atoms with van der Waals surface area (Å²) >= 11 is 1.90. The molecule has 0 aliphatic heterocycles. The van der Waals surface area contributed by atoms with E-state index in [0.29, 0.717) is 35.5 Å². The second-order valence-corrected chi connectivity index (χ2v) is 16.1. The zero-order valence-electron chi connectivity index (χ0n) is 32.2. The number of benzene rings is 3. The first-order chi connectivity index (χ1) is 22.6. The average Bonchev–Trinajstić information content (AvgIpc) is 3.73. The Morgan fingerprint density at radius 1 is 0.542 bits per heavy atom. The van der Waals surface area contributed by atoms with E-state index in [1.54, 1.807) is 0 Å². The van der Waals surface area contributed by atoms with Crippen LogP contribution in [0, 0.1) is 6.92 Å². The summed E-state index contributed by atoms with van der Waals surface area (Å²) in [4.78, 5) is 4.55. The third-order valence-electron chi connectivity index (χ3n) is 9.44. The molecule has 258 valence electrons. The molecule has 0 saturated heterocycles. The van der Waals surface area contributed by atoms with Crippen LogP contribution in [0.15, 0.2) is 48.1 Å². The molecule has 0 aliphatic carbocycles. The predicted molar refractivity (Wildman–Crippen MR) is 210 cm³/mol. The summed E-state index contributed by atoms with van der Waals surface area (Å²) in [7, 11) is 4.04. The average molecular weight is 666 g/mol. The van der Waals surface area contributed by atoms with Gasteiger partial charge in [-0.05, 0) is 92.1 Å². The third kappa shape index (κ3) is 7.54. The summed E-state index contributed by atoms with van der Waals surface area (Å²) in [6.45, 7) is 29.0. The minimum Gasteiger partial charge on any atom is -0.333 e. The van der Waals surface area contributed by atoms with Crippen molar-refractivity contribution < 1.29 is 0 Å². The van der Waals surface area contributed by atoms with Crippen molar-refractivity contribution in [1.82, 2.24) is 24.5 Å². The van der Waals surface area contributed by atoms with Crippen molar-refractivity contribution in [2.24, 2.45) is 14.1 Å². The molecule has 3 aromatic heterocycles. The van der Waals surface area contributed by atoms with Crippen LogP contribution in [0.25, 0.3) is 32.2 Å². The summed E-state index contributed by atoms with van der Waals surface area (Å²) in [5.74, 6) is 3.28. The molecular formula is C42H59N5S. The maximum absolute atomic E-state index is 4.55. The fourth-order valence-electron chi connectivity index (χ4n) is 6.69. The lowest BCUT2D eigenvalue weighted by atomic mass is 9.92. The van der Waals surface area contributed by atoms with Gasteiger partial charge < -0.3 is 4.57 Å². The Morgan fingerprint density at radius 2 is 0.979 bits per heavy atom. The molecule has 0 N–H and O–H groups in total. The minimum absolute atomic E-state index is 0.486. The normalized spacial score (nSPS) is 11.9. The zero-order valence-corrected chi connectivity index (χ0v) is 33.0. The smallest absolute Gasteiger partial charge is 0.116 e. The summed E-state index contributed by atoms with van der Waals surface area (Å²) in [6.07, 6.45) is 1.92. The molecule has 0 aliphatic rings. The van der Waals surface area contributed by atoms with Gasteiger partial charge in [0.1, 0.15) is 5.52 Å². The molecule has 6 rings (SSSR count). The van der Waals surface area contributed by atoms with Crippen LogP contribution in [-0.4, -0.2) is 24.5 Å². The zero-order chi connectivity index (χ0) is 35.6. The fourth-order valence-corrected chi connectivity index (χ4v) is 7.93. The molecule has 3 heterocycles. The van der Waals surface area contributed by atoms with Gasteiger partial charge in [-0.3, -0.25) is 0 Å². The SMILES string of the molecule is CC(C)c1ccc(C(C)C)c2c1ncn2C.CC(C)c1ccc(C(C)C)c2c1nnn2C.Cc1csc2c(C(C)C)ccc(C(C)C)c12. The van der Waals surface area contributed by atoms with Gasteiger partial charge in [0.05, 0.1) is 22.9 Å². The van der Waals surface area contributed by atoms with E-state index in [9.17, 15) is 0 Å². The van der Waals surface area contributed by atoms with Crippen LogP contribution in [0.5, 0.6) is 0 Å². The van der Waals surface area contributed by atoms with Crippen LogP contribution in [0.1, 0.15) is 158 Å². The first-order valence-corrected chi connectivity index (χ1v) is 18.7. The highest BCUT2D eigenvalue weighted by Gasteiger charge is 2.17. The Kier molecular flexibility index (Phi) is 11.9. The highest BCUT2D eigenvalue weighted by atomic mass is 32.1. The Morgan fingerprint density at radius 3 is 1.50 bits per heavy atom. The molecule has 0 radical (unpaired) electrons. The van der Waals surface area contributed by atoms with Gasteiger partial charge in [0.2, 0.25) is 0 Å². The number of thiophene rings is 1. The predicted octanol–water partition coefficient (Wildman–Crippen LogP) is 12.5. The van der Waals surface area contributed by atoms with Crippen LogP contribution >= 0.6 is 11.3 Å².